The standard InChI is InChI=1S/C20H18N10O3/c21-17-13-7-27-29-16(13)14(8-26-17)28-19(32)20(33)30(10-15-23-4-1-5-24-15)9-12-3-2-11(6-25-12)18(22)31/h1-8H,9-10H2,(H2,21,26)(H2,22,31)(H,27,29)(H,28,32). The molecule has 4 rings (SSSR count). The SMILES string of the molecule is NC(=O)c1ccc(CN(Cc2ncccn2)C(=O)C(=O)Nc2cnc(N)c3cn[nH]c23)nc1. The maximum absolute atomic E-state index is 13.1. The van der Waals surface area contributed by atoms with Crippen LogP contribution in [0.2, 0.25) is 0 Å². The smallest absolute Gasteiger partial charge is 0.314 e. The fourth-order valence-electron chi connectivity index (χ4n) is 3.01. The molecule has 0 bridgehead atoms. The molecule has 0 unspecified atom stereocenters. The van der Waals surface area contributed by atoms with Crippen LogP contribution < -0.4 is 16.8 Å². The van der Waals surface area contributed by atoms with Gasteiger partial charge in [0.2, 0.25) is 5.91 Å². The van der Waals surface area contributed by atoms with Gasteiger partial charge in [0.15, 0.2) is 0 Å². The Labute approximate surface area is 186 Å². The number of aromatic nitrogens is 6. The fraction of sp³-hybridized carbons (Fsp3) is 0.100. The van der Waals surface area contributed by atoms with E-state index < -0.39 is 17.7 Å². The predicted octanol–water partition coefficient (Wildman–Crippen LogP) is -0.00850. The highest BCUT2D eigenvalue weighted by Crippen LogP contribution is 2.24. The van der Waals surface area contributed by atoms with Gasteiger partial charge in [0.25, 0.3) is 0 Å². The summed E-state index contributed by atoms with van der Waals surface area (Å²) in [5.41, 5.74) is 12.4. The van der Waals surface area contributed by atoms with Crippen LogP contribution in [0.1, 0.15) is 21.9 Å². The minimum Gasteiger partial charge on any atom is -0.383 e. The third kappa shape index (κ3) is 4.71. The molecule has 6 N–H and O–H groups in total. The fourth-order valence-corrected chi connectivity index (χ4v) is 3.01. The second kappa shape index (κ2) is 9.05. The van der Waals surface area contributed by atoms with E-state index in [0.717, 1.165) is 0 Å². The van der Waals surface area contributed by atoms with Crippen molar-refractivity contribution >= 4 is 40.1 Å². The molecule has 166 valence electrons. The van der Waals surface area contributed by atoms with Crippen LogP contribution in [0.4, 0.5) is 11.5 Å². The van der Waals surface area contributed by atoms with Crippen LogP contribution in [0.25, 0.3) is 10.9 Å². The summed E-state index contributed by atoms with van der Waals surface area (Å²) in [6, 6.07) is 4.67. The lowest BCUT2D eigenvalue weighted by molar-refractivity contribution is -0.144. The first kappa shape index (κ1) is 21.3. The Kier molecular flexibility index (Phi) is 5.84. The molecule has 0 saturated carbocycles. The van der Waals surface area contributed by atoms with Crippen LogP contribution in [-0.4, -0.2) is 52.8 Å². The molecule has 0 aliphatic carbocycles. The van der Waals surface area contributed by atoms with Crippen LogP contribution >= 0.6 is 0 Å². The van der Waals surface area contributed by atoms with Crippen molar-refractivity contribution in [3.8, 4) is 0 Å². The monoisotopic (exact) mass is 446 g/mol. The Hall–Kier alpha value is -4.94. The maximum atomic E-state index is 13.1. The average Bonchev–Trinajstić information content (AvgIpc) is 3.32. The van der Waals surface area contributed by atoms with E-state index >= 15 is 0 Å². The van der Waals surface area contributed by atoms with Gasteiger partial charge < -0.3 is 21.7 Å². The van der Waals surface area contributed by atoms with E-state index in [0.29, 0.717) is 22.4 Å². The normalized spacial score (nSPS) is 10.7. The molecule has 0 saturated heterocycles. The van der Waals surface area contributed by atoms with Gasteiger partial charge >= 0.3 is 11.8 Å². The number of H-pyrrole nitrogens is 1. The van der Waals surface area contributed by atoms with Crippen molar-refractivity contribution in [2.75, 3.05) is 11.1 Å². The number of hydrogen-bond donors (Lipinski definition) is 4. The molecule has 3 amide bonds. The molecular weight excluding hydrogens is 428 g/mol. The summed E-state index contributed by atoms with van der Waals surface area (Å²) in [4.78, 5) is 54.7. The second-order valence-corrected chi connectivity index (χ2v) is 6.90. The van der Waals surface area contributed by atoms with Gasteiger partial charge in [-0.05, 0) is 18.2 Å². The van der Waals surface area contributed by atoms with Crippen molar-refractivity contribution in [3.63, 3.8) is 0 Å². The zero-order chi connectivity index (χ0) is 23.4. The predicted molar refractivity (Wildman–Crippen MR) is 116 cm³/mol. The van der Waals surface area contributed by atoms with Gasteiger partial charge in [0, 0.05) is 18.6 Å². The molecule has 0 spiro atoms. The second-order valence-electron chi connectivity index (χ2n) is 6.90. The van der Waals surface area contributed by atoms with Crippen LogP contribution in [0, 0.1) is 0 Å². The summed E-state index contributed by atoms with van der Waals surface area (Å²) < 4.78 is 0. The summed E-state index contributed by atoms with van der Waals surface area (Å²) in [7, 11) is 0. The molecule has 0 radical (unpaired) electrons. The molecule has 0 fully saturated rings. The van der Waals surface area contributed by atoms with Crippen LogP contribution in [0.5, 0.6) is 0 Å². The summed E-state index contributed by atoms with van der Waals surface area (Å²) in [6.45, 7) is -0.0885. The van der Waals surface area contributed by atoms with Gasteiger partial charge in [-0.2, -0.15) is 5.10 Å². The Morgan fingerprint density at radius 3 is 2.48 bits per heavy atom. The van der Waals surface area contributed by atoms with Crippen molar-refractivity contribution in [2.24, 2.45) is 5.73 Å². The van der Waals surface area contributed by atoms with E-state index in [2.05, 4.69) is 35.5 Å². The van der Waals surface area contributed by atoms with Crippen LogP contribution in [0.15, 0.2) is 49.2 Å². The molecular formula is C20H18N10O3. The Bertz CT molecular complexity index is 1320. The number of carbonyl (C=O) groups excluding carboxylic acids is 3. The number of amides is 3. The quantitative estimate of drug-likeness (QED) is 0.294. The highest BCUT2D eigenvalue weighted by Gasteiger charge is 2.25. The highest BCUT2D eigenvalue weighted by atomic mass is 16.2. The topological polar surface area (TPSA) is 199 Å². The number of fused-ring (bicyclic) bond motifs is 1. The molecule has 0 aliphatic heterocycles. The Morgan fingerprint density at radius 1 is 1.00 bits per heavy atom. The van der Waals surface area contributed by atoms with Crippen molar-refractivity contribution in [3.05, 3.63) is 66.3 Å². The van der Waals surface area contributed by atoms with Gasteiger partial charge in [0.1, 0.15) is 11.6 Å². The third-order valence-electron chi connectivity index (χ3n) is 4.66. The number of hydrogen-bond acceptors (Lipinski definition) is 9. The lowest BCUT2D eigenvalue weighted by Crippen LogP contribution is -2.39. The first-order valence-corrected chi connectivity index (χ1v) is 9.61. The molecule has 0 aliphatic rings. The van der Waals surface area contributed by atoms with Crippen LogP contribution in [-0.2, 0) is 22.7 Å². The van der Waals surface area contributed by atoms with Crippen LogP contribution in [0.3, 0.4) is 0 Å². The minimum atomic E-state index is -0.915. The number of nitrogens with zero attached hydrogens (tertiary/aromatic N) is 6. The molecule has 13 nitrogen and oxygen atoms in total. The van der Waals surface area contributed by atoms with E-state index in [1.807, 2.05) is 0 Å². The molecule has 0 aromatic carbocycles. The summed E-state index contributed by atoms with van der Waals surface area (Å²) in [5, 5.41) is 9.65. The molecule has 13 heteroatoms. The van der Waals surface area contributed by atoms with E-state index in [1.165, 1.54) is 42.0 Å². The molecule has 33 heavy (non-hydrogen) atoms. The largest absolute Gasteiger partial charge is 0.383 e. The van der Waals surface area contributed by atoms with Crippen molar-refractivity contribution in [2.45, 2.75) is 13.1 Å². The van der Waals surface area contributed by atoms with E-state index in [9.17, 15) is 14.4 Å². The number of aromatic amines is 1. The number of nitrogen functional groups attached to an aromatic ring is 1. The van der Waals surface area contributed by atoms with Gasteiger partial charge in [-0.15, -0.1) is 0 Å². The highest BCUT2D eigenvalue weighted by molar-refractivity contribution is 6.40. The lowest BCUT2D eigenvalue weighted by Gasteiger charge is -2.21. The van der Waals surface area contributed by atoms with Gasteiger partial charge in [-0.25, -0.2) is 15.0 Å². The van der Waals surface area contributed by atoms with Crippen molar-refractivity contribution in [1.29, 1.82) is 0 Å². The summed E-state index contributed by atoms with van der Waals surface area (Å²) in [6.07, 6.45) is 7.15. The van der Waals surface area contributed by atoms with Gasteiger partial charge in [-0.1, -0.05) is 0 Å². The summed E-state index contributed by atoms with van der Waals surface area (Å²) >= 11 is 0. The maximum Gasteiger partial charge on any atom is 0.314 e. The first-order chi connectivity index (χ1) is 15.9. The lowest BCUT2D eigenvalue weighted by atomic mass is 10.2. The van der Waals surface area contributed by atoms with E-state index in [-0.39, 0.29) is 30.2 Å². The number of nitrogens with one attached hydrogen (secondary N) is 2. The van der Waals surface area contributed by atoms with Crippen molar-refractivity contribution in [1.82, 2.24) is 35.0 Å². The number of rotatable bonds is 6. The average molecular weight is 446 g/mol. The Balaban J connectivity index is 1.57. The number of carbonyl (C=O) groups is 3. The molecule has 4 aromatic rings. The van der Waals surface area contributed by atoms with Crippen molar-refractivity contribution < 1.29 is 14.4 Å². The number of pyridine rings is 2. The molecule has 4 heterocycles. The Morgan fingerprint density at radius 2 is 1.79 bits per heavy atom. The van der Waals surface area contributed by atoms with Gasteiger partial charge in [-0.3, -0.25) is 24.5 Å². The first-order valence-electron chi connectivity index (χ1n) is 9.61. The number of nitrogens with two attached hydrogens (primary N) is 2. The van der Waals surface area contributed by atoms with Gasteiger partial charge in [0.05, 0.1) is 53.3 Å². The molecule has 4 aromatic heterocycles. The number of primary amides is 1. The molecule has 0 atom stereocenters. The summed E-state index contributed by atoms with van der Waals surface area (Å²) in [5.74, 6) is -1.83. The van der Waals surface area contributed by atoms with E-state index in [4.69, 9.17) is 11.5 Å². The third-order valence-corrected chi connectivity index (χ3v) is 4.66. The minimum absolute atomic E-state index is 0.0387. The zero-order valence-corrected chi connectivity index (χ0v) is 17.1. The number of anilines is 2. The van der Waals surface area contributed by atoms with E-state index in [1.54, 1.807) is 12.1 Å². The zero-order valence-electron chi connectivity index (χ0n) is 17.1.